The van der Waals surface area contributed by atoms with Crippen molar-refractivity contribution in [2.24, 2.45) is 13.0 Å². The van der Waals surface area contributed by atoms with Crippen molar-refractivity contribution in [3.63, 3.8) is 0 Å². The van der Waals surface area contributed by atoms with E-state index >= 15 is 0 Å². The highest BCUT2D eigenvalue weighted by molar-refractivity contribution is 7.17. The van der Waals surface area contributed by atoms with Gasteiger partial charge < -0.3 is 4.90 Å². The van der Waals surface area contributed by atoms with Crippen molar-refractivity contribution in [1.29, 1.82) is 0 Å². The molecule has 118 valence electrons. The molecule has 2 aromatic rings. The highest BCUT2D eigenvalue weighted by Gasteiger charge is 2.22. The first-order chi connectivity index (χ1) is 10.5. The van der Waals surface area contributed by atoms with Crippen LogP contribution in [0.4, 0.5) is 0 Å². The van der Waals surface area contributed by atoms with Gasteiger partial charge in [0, 0.05) is 20.1 Å². The molecule has 7 heteroatoms. The van der Waals surface area contributed by atoms with Gasteiger partial charge in [-0.25, -0.2) is 4.79 Å². The van der Waals surface area contributed by atoms with Crippen LogP contribution in [-0.4, -0.2) is 33.0 Å². The maximum Gasteiger partial charge on any atom is 0.331 e. The average molecular weight is 321 g/mol. The maximum atomic E-state index is 12.5. The second-order valence-corrected chi connectivity index (χ2v) is 6.87. The van der Waals surface area contributed by atoms with E-state index in [0.29, 0.717) is 16.1 Å². The van der Waals surface area contributed by atoms with E-state index in [1.807, 2.05) is 4.90 Å². The van der Waals surface area contributed by atoms with E-state index in [1.54, 1.807) is 11.4 Å². The van der Waals surface area contributed by atoms with Crippen LogP contribution in [-0.2, 0) is 18.4 Å². The number of fused-ring (bicyclic) bond motifs is 1. The van der Waals surface area contributed by atoms with Crippen molar-refractivity contribution < 1.29 is 4.79 Å². The van der Waals surface area contributed by atoms with E-state index in [4.69, 9.17) is 0 Å². The van der Waals surface area contributed by atoms with E-state index in [-0.39, 0.29) is 18.0 Å². The number of rotatable bonds is 2. The summed E-state index contributed by atoms with van der Waals surface area (Å²) in [6.07, 6.45) is 2.14. The zero-order chi connectivity index (χ0) is 15.9. The molecule has 0 spiro atoms. The Bertz CT molecular complexity index is 833. The van der Waals surface area contributed by atoms with Crippen molar-refractivity contribution in [2.75, 3.05) is 13.1 Å². The summed E-state index contributed by atoms with van der Waals surface area (Å²) in [5.41, 5.74) is -0.184. The number of hydrogen-bond acceptors (Lipinski definition) is 4. The predicted molar refractivity (Wildman–Crippen MR) is 86.3 cm³/mol. The first-order valence-corrected chi connectivity index (χ1v) is 8.32. The molecule has 3 heterocycles. The molecule has 1 aliphatic heterocycles. The van der Waals surface area contributed by atoms with Gasteiger partial charge in [0.25, 0.3) is 5.56 Å². The second kappa shape index (κ2) is 5.72. The Morgan fingerprint density at radius 2 is 2.18 bits per heavy atom. The van der Waals surface area contributed by atoms with Crippen LogP contribution in [0.2, 0.25) is 0 Å². The molecule has 1 fully saturated rings. The van der Waals surface area contributed by atoms with Gasteiger partial charge in [-0.3, -0.25) is 18.7 Å². The van der Waals surface area contributed by atoms with Crippen molar-refractivity contribution >= 4 is 27.5 Å². The van der Waals surface area contributed by atoms with Crippen LogP contribution < -0.4 is 11.2 Å². The van der Waals surface area contributed by atoms with Gasteiger partial charge >= 0.3 is 5.69 Å². The molecule has 0 aromatic carbocycles. The fourth-order valence-corrected chi connectivity index (χ4v) is 3.87. The molecule has 0 unspecified atom stereocenters. The molecule has 0 bridgehead atoms. The van der Waals surface area contributed by atoms with Crippen LogP contribution in [0.1, 0.15) is 19.8 Å². The smallest absolute Gasteiger partial charge is 0.331 e. The highest BCUT2D eigenvalue weighted by Crippen LogP contribution is 2.17. The molecular formula is C15H19N3O3S. The zero-order valence-electron chi connectivity index (χ0n) is 12.7. The van der Waals surface area contributed by atoms with Crippen LogP contribution >= 0.6 is 11.3 Å². The van der Waals surface area contributed by atoms with Gasteiger partial charge in [0.15, 0.2) is 0 Å². The minimum atomic E-state index is -0.436. The lowest BCUT2D eigenvalue weighted by Gasteiger charge is -2.31. The highest BCUT2D eigenvalue weighted by atomic mass is 32.1. The summed E-state index contributed by atoms with van der Waals surface area (Å²) in [6, 6.07) is 1.73. The molecule has 6 nitrogen and oxygen atoms in total. The van der Waals surface area contributed by atoms with Gasteiger partial charge in [0.05, 0.1) is 5.52 Å². The summed E-state index contributed by atoms with van der Waals surface area (Å²) in [5, 5.41) is 1.77. The van der Waals surface area contributed by atoms with Crippen LogP contribution in [0.5, 0.6) is 0 Å². The Balaban J connectivity index is 1.97. The molecule has 2 aromatic heterocycles. The minimum absolute atomic E-state index is 0.00704. The molecule has 1 aliphatic rings. The molecule has 3 rings (SSSR count). The number of likely N-dealkylation sites (tertiary alicyclic amines) is 1. The molecule has 0 radical (unpaired) electrons. The summed E-state index contributed by atoms with van der Waals surface area (Å²) in [4.78, 5) is 38.7. The van der Waals surface area contributed by atoms with Gasteiger partial charge in [-0.05, 0) is 30.2 Å². The van der Waals surface area contributed by atoms with Gasteiger partial charge in [0.2, 0.25) is 5.91 Å². The van der Waals surface area contributed by atoms with Crippen LogP contribution in [0, 0.1) is 5.92 Å². The maximum absolute atomic E-state index is 12.5. The number of hydrogen-bond donors (Lipinski definition) is 0. The molecule has 0 saturated carbocycles. The first-order valence-electron chi connectivity index (χ1n) is 7.44. The number of aromatic nitrogens is 2. The van der Waals surface area contributed by atoms with Gasteiger partial charge in [-0.1, -0.05) is 6.92 Å². The Hall–Kier alpha value is -1.89. The Labute approximate surface area is 131 Å². The Morgan fingerprint density at radius 3 is 2.91 bits per heavy atom. The van der Waals surface area contributed by atoms with E-state index in [0.717, 1.165) is 30.5 Å². The largest absolute Gasteiger partial charge is 0.341 e. The third-order valence-corrected chi connectivity index (χ3v) is 5.15. The van der Waals surface area contributed by atoms with Crippen LogP contribution in [0.25, 0.3) is 10.2 Å². The molecule has 1 saturated heterocycles. The van der Waals surface area contributed by atoms with E-state index in [2.05, 4.69) is 6.92 Å². The second-order valence-electron chi connectivity index (χ2n) is 5.96. The number of amides is 1. The molecule has 0 aliphatic carbocycles. The number of piperidine rings is 1. The number of thiophene rings is 1. The molecule has 0 N–H and O–H groups in total. The fraction of sp³-hybridized carbons (Fsp3) is 0.533. The molecule has 1 amide bonds. The third-order valence-electron chi connectivity index (χ3n) is 4.26. The summed E-state index contributed by atoms with van der Waals surface area (Å²) in [7, 11) is 1.45. The lowest BCUT2D eigenvalue weighted by Crippen LogP contribution is -2.44. The summed E-state index contributed by atoms with van der Waals surface area (Å²) < 4.78 is 3.00. The fourth-order valence-electron chi connectivity index (χ4n) is 3.00. The molecule has 22 heavy (non-hydrogen) atoms. The molecule has 1 atom stereocenters. The number of carbonyl (C=O) groups is 1. The predicted octanol–water partition coefficient (Wildman–Crippen LogP) is 1.02. The topological polar surface area (TPSA) is 64.3 Å². The minimum Gasteiger partial charge on any atom is -0.341 e. The quantitative estimate of drug-likeness (QED) is 0.829. The average Bonchev–Trinajstić information content (AvgIpc) is 2.98. The van der Waals surface area contributed by atoms with Crippen molar-refractivity contribution in [3.8, 4) is 0 Å². The SMILES string of the molecule is C[C@H]1CCCN(C(=O)Cn2c(=O)n(C)c(=O)c3sccc32)C1. The normalized spacial score (nSPS) is 18.8. The van der Waals surface area contributed by atoms with E-state index in [9.17, 15) is 14.4 Å². The first kappa shape index (κ1) is 15.0. The van der Waals surface area contributed by atoms with Crippen molar-refractivity contribution in [2.45, 2.75) is 26.3 Å². The lowest BCUT2D eigenvalue weighted by molar-refractivity contribution is -0.133. The summed E-state index contributed by atoms with van der Waals surface area (Å²) >= 11 is 1.30. The Morgan fingerprint density at radius 1 is 1.41 bits per heavy atom. The number of nitrogens with zero attached hydrogens (tertiary/aromatic N) is 3. The van der Waals surface area contributed by atoms with Crippen LogP contribution in [0.3, 0.4) is 0 Å². The van der Waals surface area contributed by atoms with E-state index < -0.39 is 5.69 Å². The standard InChI is InChI=1S/C15H19N3O3S/c1-10-4-3-6-17(8-10)12(19)9-18-11-5-7-22-13(11)14(20)16(2)15(18)21/h5,7,10H,3-4,6,8-9H2,1-2H3/t10-/m0/s1. The van der Waals surface area contributed by atoms with Crippen LogP contribution in [0.15, 0.2) is 21.0 Å². The lowest BCUT2D eigenvalue weighted by atomic mass is 10.0. The van der Waals surface area contributed by atoms with Gasteiger partial charge in [-0.15, -0.1) is 11.3 Å². The monoisotopic (exact) mass is 321 g/mol. The summed E-state index contributed by atoms with van der Waals surface area (Å²) in [6.45, 7) is 3.62. The van der Waals surface area contributed by atoms with E-state index in [1.165, 1.54) is 23.0 Å². The Kier molecular flexibility index (Phi) is 3.90. The third kappa shape index (κ3) is 2.49. The van der Waals surface area contributed by atoms with Gasteiger partial charge in [-0.2, -0.15) is 0 Å². The molecular weight excluding hydrogens is 302 g/mol. The van der Waals surface area contributed by atoms with Gasteiger partial charge in [0.1, 0.15) is 11.2 Å². The number of carbonyl (C=O) groups excluding carboxylic acids is 1. The van der Waals surface area contributed by atoms with Crippen molar-refractivity contribution in [3.05, 3.63) is 32.3 Å². The summed E-state index contributed by atoms with van der Waals surface area (Å²) in [5.74, 6) is 0.440. The van der Waals surface area contributed by atoms with Crippen molar-refractivity contribution in [1.82, 2.24) is 14.0 Å². The zero-order valence-corrected chi connectivity index (χ0v) is 13.6.